The largest absolute Gasteiger partial charge is 0.391 e. The van der Waals surface area contributed by atoms with Gasteiger partial charge in [0.1, 0.15) is 23.4 Å². The maximum absolute atomic E-state index is 9.97. The van der Waals surface area contributed by atoms with Crippen LogP contribution in [0.1, 0.15) is 27.7 Å². The second-order valence-electron chi connectivity index (χ2n) is 5.60. The molecule has 0 aromatic carbocycles. The van der Waals surface area contributed by atoms with Crippen LogP contribution in [0, 0.1) is 0 Å². The number of methoxy groups -OCH3 is 5. The first-order valence-electron chi connectivity index (χ1n) is 7.06. The van der Waals surface area contributed by atoms with E-state index in [9.17, 15) is 5.11 Å². The zero-order chi connectivity index (χ0) is 16.8. The third kappa shape index (κ3) is 3.75. The first kappa shape index (κ1) is 20.8. The summed E-state index contributed by atoms with van der Waals surface area (Å²) in [7, 11) is 7.89. The average molecular weight is 308 g/mol. The summed E-state index contributed by atoms with van der Waals surface area (Å²) in [6, 6.07) is 0. The quantitative estimate of drug-likeness (QED) is 0.655. The Kier molecular flexibility index (Phi) is 8.31. The molecule has 0 aliphatic heterocycles. The second-order valence-corrected chi connectivity index (χ2v) is 5.60. The van der Waals surface area contributed by atoms with Gasteiger partial charge in [-0.25, -0.2) is 0 Å². The number of hydrogen-bond donors (Lipinski definition) is 1. The minimum Gasteiger partial charge on any atom is -0.391 e. The minimum atomic E-state index is -0.913. The summed E-state index contributed by atoms with van der Waals surface area (Å²) in [6.07, 6.45) is -2.13. The summed E-state index contributed by atoms with van der Waals surface area (Å²) in [6.45, 7) is 7.32. The molecule has 0 rings (SSSR count). The molecule has 6 atom stereocenters. The highest BCUT2D eigenvalue weighted by molar-refractivity contribution is 5.08. The van der Waals surface area contributed by atoms with Gasteiger partial charge < -0.3 is 28.8 Å². The molecule has 0 aromatic heterocycles. The Bertz CT molecular complexity index is 298. The molecule has 0 bridgehead atoms. The van der Waals surface area contributed by atoms with Crippen molar-refractivity contribution in [3.05, 3.63) is 0 Å². The van der Waals surface area contributed by atoms with Crippen molar-refractivity contribution in [1.29, 1.82) is 0 Å². The Balaban J connectivity index is 5.86. The van der Waals surface area contributed by atoms with Crippen LogP contribution in [-0.4, -0.2) is 76.3 Å². The van der Waals surface area contributed by atoms with Gasteiger partial charge >= 0.3 is 0 Å². The third-order valence-corrected chi connectivity index (χ3v) is 4.81. The van der Waals surface area contributed by atoms with Gasteiger partial charge in [-0.1, -0.05) is 0 Å². The number of aliphatic hydroxyl groups excluding tert-OH is 1. The maximum Gasteiger partial charge on any atom is 0.125 e. The fourth-order valence-electron chi connectivity index (χ4n) is 2.84. The summed E-state index contributed by atoms with van der Waals surface area (Å²) in [5.74, 6) is 0. The van der Waals surface area contributed by atoms with Crippen LogP contribution in [0.25, 0.3) is 0 Å². The van der Waals surface area contributed by atoms with E-state index in [1.165, 1.54) is 7.11 Å². The Hall–Kier alpha value is -0.240. The average Bonchev–Trinajstić information content (AvgIpc) is 2.49. The number of aliphatic hydroxyl groups is 1. The minimum absolute atomic E-state index is 0.267. The Labute approximate surface area is 128 Å². The van der Waals surface area contributed by atoms with Gasteiger partial charge in [0.2, 0.25) is 0 Å². The fraction of sp³-hybridized carbons (Fsp3) is 1.00. The molecule has 1 N–H and O–H groups in total. The first-order chi connectivity index (χ1) is 9.69. The molecular formula is C15H32O6. The standard InChI is InChI=1S/C15H32O6/c1-10(16)12(18-6)13(19-7)15(4,21-9)14(3,20-8)11(2)17-5/h10-13,16H,1-9H3. The summed E-state index contributed by atoms with van der Waals surface area (Å²) in [5.41, 5.74) is -1.73. The molecule has 21 heavy (non-hydrogen) atoms. The van der Waals surface area contributed by atoms with Gasteiger partial charge in [-0.2, -0.15) is 0 Å². The SMILES string of the molecule is COC(C(C)O)C(OC)C(C)(OC)C(C)(OC)C(C)OC. The first-order valence-corrected chi connectivity index (χ1v) is 7.06. The van der Waals surface area contributed by atoms with E-state index in [4.69, 9.17) is 23.7 Å². The van der Waals surface area contributed by atoms with Crippen LogP contribution in [0.3, 0.4) is 0 Å². The molecular weight excluding hydrogens is 276 g/mol. The predicted octanol–water partition coefficient (Wildman–Crippen LogP) is 1.24. The van der Waals surface area contributed by atoms with Gasteiger partial charge in [0.25, 0.3) is 0 Å². The fourth-order valence-corrected chi connectivity index (χ4v) is 2.84. The molecule has 6 unspecified atom stereocenters. The van der Waals surface area contributed by atoms with Crippen LogP contribution in [0.2, 0.25) is 0 Å². The molecule has 0 aromatic rings. The van der Waals surface area contributed by atoms with Crippen LogP contribution in [0.4, 0.5) is 0 Å². The molecule has 0 fully saturated rings. The molecule has 6 nitrogen and oxygen atoms in total. The van der Waals surface area contributed by atoms with Crippen LogP contribution in [0.5, 0.6) is 0 Å². The highest BCUT2D eigenvalue weighted by Crippen LogP contribution is 2.39. The topological polar surface area (TPSA) is 66.4 Å². The second kappa shape index (κ2) is 8.41. The monoisotopic (exact) mass is 308 g/mol. The van der Waals surface area contributed by atoms with Crippen molar-refractivity contribution in [1.82, 2.24) is 0 Å². The van der Waals surface area contributed by atoms with E-state index in [2.05, 4.69) is 0 Å². The molecule has 0 radical (unpaired) electrons. The smallest absolute Gasteiger partial charge is 0.125 e. The summed E-state index contributed by atoms with van der Waals surface area (Å²) in [5, 5.41) is 9.97. The third-order valence-electron chi connectivity index (χ3n) is 4.81. The molecule has 0 saturated carbocycles. The van der Waals surface area contributed by atoms with Crippen LogP contribution >= 0.6 is 0 Å². The predicted molar refractivity (Wildman–Crippen MR) is 80.6 cm³/mol. The lowest BCUT2D eigenvalue weighted by Crippen LogP contribution is -2.68. The molecule has 0 heterocycles. The Morgan fingerprint density at radius 1 is 0.762 bits per heavy atom. The Morgan fingerprint density at radius 3 is 1.48 bits per heavy atom. The highest BCUT2D eigenvalue weighted by Gasteiger charge is 2.57. The van der Waals surface area contributed by atoms with Crippen molar-refractivity contribution in [2.24, 2.45) is 0 Å². The van der Waals surface area contributed by atoms with Crippen LogP contribution in [-0.2, 0) is 23.7 Å². The molecule has 0 amide bonds. The molecule has 0 spiro atoms. The van der Waals surface area contributed by atoms with E-state index in [1.54, 1.807) is 35.4 Å². The van der Waals surface area contributed by atoms with Crippen molar-refractivity contribution >= 4 is 0 Å². The zero-order valence-electron chi connectivity index (χ0n) is 14.8. The molecule has 128 valence electrons. The molecule has 6 heteroatoms. The van der Waals surface area contributed by atoms with Crippen molar-refractivity contribution in [3.63, 3.8) is 0 Å². The van der Waals surface area contributed by atoms with E-state index in [-0.39, 0.29) is 6.10 Å². The van der Waals surface area contributed by atoms with E-state index in [0.29, 0.717) is 0 Å². The Morgan fingerprint density at radius 2 is 1.24 bits per heavy atom. The molecule has 0 saturated heterocycles. The van der Waals surface area contributed by atoms with Gasteiger partial charge in [0.15, 0.2) is 0 Å². The van der Waals surface area contributed by atoms with Gasteiger partial charge in [0, 0.05) is 35.5 Å². The van der Waals surface area contributed by atoms with Gasteiger partial charge in [-0.05, 0) is 27.7 Å². The molecule has 0 aliphatic carbocycles. The van der Waals surface area contributed by atoms with Gasteiger partial charge in [-0.3, -0.25) is 0 Å². The number of ether oxygens (including phenoxy) is 5. The maximum atomic E-state index is 9.97. The van der Waals surface area contributed by atoms with E-state index < -0.39 is 29.5 Å². The lowest BCUT2D eigenvalue weighted by Gasteiger charge is -2.52. The number of rotatable bonds is 10. The van der Waals surface area contributed by atoms with E-state index in [1.807, 2.05) is 20.8 Å². The lowest BCUT2D eigenvalue weighted by atomic mass is 9.75. The van der Waals surface area contributed by atoms with Gasteiger partial charge in [-0.15, -0.1) is 0 Å². The highest BCUT2D eigenvalue weighted by atomic mass is 16.6. The van der Waals surface area contributed by atoms with Crippen molar-refractivity contribution in [2.75, 3.05) is 35.5 Å². The summed E-state index contributed by atoms with van der Waals surface area (Å²) in [4.78, 5) is 0. The lowest BCUT2D eigenvalue weighted by molar-refractivity contribution is -0.273. The van der Waals surface area contributed by atoms with E-state index >= 15 is 0 Å². The summed E-state index contributed by atoms with van der Waals surface area (Å²) < 4.78 is 28.0. The summed E-state index contributed by atoms with van der Waals surface area (Å²) >= 11 is 0. The van der Waals surface area contributed by atoms with Gasteiger partial charge in [0.05, 0.1) is 12.2 Å². The van der Waals surface area contributed by atoms with Crippen molar-refractivity contribution in [3.8, 4) is 0 Å². The normalized spacial score (nSPS) is 23.7. The molecule has 0 aliphatic rings. The van der Waals surface area contributed by atoms with E-state index in [0.717, 1.165) is 0 Å². The van der Waals surface area contributed by atoms with Crippen molar-refractivity contribution < 1.29 is 28.8 Å². The van der Waals surface area contributed by atoms with Crippen LogP contribution in [0.15, 0.2) is 0 Å². The van der Waals surface area contributed by atoms with Crippen molar-refractivity contribution in [2.45, 2.75) is 63.3 Å². The zero-order valence-corrected chi connectivity index (χ0v) is 14.8. The van der Waals surface area contributed by atoms with Crippen LogP contribution < -0.4 is 0 Å². The number of hydrogen-bond acceptors (Lipinski definition) is 6.